The Morgan fingerprint density at radius 2 is 2.00 bits per heavy atom. The predicted molar refractivity (Wildman–Crippen MR) is 69.3 cm³/mol. The first-order valence-electron chi connectivity index (χ1n) is 6.56. The van der Waals surface area contributed by atoms with Gasteiger partial charge in [0.15, 0.2) is 0 Å². The van der Waals surface area contributed by atoms with Crippen LogP contribution < -0.4 is 0 Å². The van der Waals surface area contributed by atoms with Crippen LogP contribution in [-0.4, -0.2) is 18.0 Å². The molecule has 88 valence electrons. The van der Waals surface area contributed by atoms with Crippen molar-refractivity contribution in [2.75, 3.05) is 13.1 Å². The molecule has 2 rings (SSSR count). The van der Waals surface area contributed by atoms with Crippen LogP contribution in [0.2, 0.25) is 0 Å². The molecular weight excluding hydrogens is 194 g/mol. The maximum atomic E-state index is 2.61. The highest BCUT2D eigenvalue weighted by Crippen LogP contribution is 2.26. The van der Waals surface area contributed by atoms with E-state index in [0.29, 0.717) is 0 Å². The lowest BCUT2D eigenvalue weighted by atomic mass is 9.85. The summed E-state index contributed by atoms with van der Waals surface area (Å²) >= 11 is 0. The highest BCUT2D eigenvalue weighted by Gasteiger charge is 2.24. The molecule has 1 heteroatoms. The molecule has 0 spiro atoms. The molecule has 0 bridgehead atoms. The van der Waals surface area contributed by atoms with Gasteiger partial charge in [0, 0.05) is 13.1 Å². The molecule has 2 atom stereocenters. The fourth-order valence-corrected chi connectivity index (χ4v) is 2.74. The van der Waals surface area contributed by atoms with E-state index in [-0.39, 0.29) is 0 Å². The molecule has 0 saturated carbocycles. The van der Waals surface area contributed by atoms with Gasteiger partial charge in [0.2, 0.25) is 0 Å². The quantitative estimate of drug-likeness (QED) is 0.748. The maximum absolute atomic E-state index is 2.61. The third-order valence-corrected chi connectivity index (χ3v) is 3.97. The zero-order valence-corrected chi connectivity index (χ0v) is 10.5. The number of likely N-dealkylation sites (tertiary alicyclic amines) is 1. The van der Waals surface area contributed by atoms with Crippen LogP contribution in [0.25, 0.3) is 0 Å². The van der Waals surface area contributed by atoms with Gasteiger partial charge < -0.3 is 0 Å². The Bertz CT molecular complexity index is 306. The van der Waals surface area contributed by atoms with Crippen LogP contribution in [0, 0.1) is 11.8 Å². The topological polar surface area (TPSA) is 3.24 Å². The molecule has 0 radical (unpaired) electrons. The molecule has 1 heterocycles. The summed E-state index contributed by atoms with van der Waals surface area (Å²) in [6.45, 7) is 8.42. The number of rotatable bonds is 3. The molecule has 1 aromatic rings. The Balaban J connectivity index is 1.92. The first-order chi connectivity index (χ1) is 7.79. The van der Waals surface area contributed by atoms with Crippen LogP contribution in [-0.2, 0) is 6.54 Å². The summed E-state index contributed by atoms with van der Waals surface area (Å²) in [5.41, 5.74) is 1.45. The SMILES string of the molecule is CCC1CN(Cc2ccccc2)CCC1C. The van der Waals surface area contributed by atoms with Crippen molar-refractivity contribution in [3.63, 3.8) is 0 Å². The summed E-state index contributed by atoms with van der Waals surface area (Å²) in [5, 5.41) is 0. The lowest BCUT2D eigenvalue weighted by Crippen LogP contribution is -2.38. The number of piperidine rings is 1. The van der Waals surface area contributed by atoms with Gasteiger partial charge >= 0.3 is 0 Å². The average Bonchev–Trinajstić information content (AvgIpc) is 2.33. The van der Waals surface area contributed by atoms with Gasteiger partial charge in [-0.3, -0.25) is 4.90 Å². The van der Waals surface area contributed by atoms with Gasteiger partial charge in [0.05, 0.1) is 0 Å². The second kappa shape index (κ2) is 5.49. The lowest BCUT2D eigenvalue weighted by molar-refractivity contribution is 0.119. The van der Waals surface area contributed by atoms with E-state index in [0.717, 1.165) is 18.4 Å². The first-order valence-corrected chi connectivity index (χ1v) is 6.56. The largest absolute Gasteiger partial charge is 0.299 e. The van der Waals surface area contributed by atoms with Crippen LogP contribution in [0.15, 0.2) is 30.3 Å². The second-order valence-corrected chi connectivity index (χ2v) is 5.16. The van der Waals surface area contributed by atoms with Crippen LogP contribution in [0.1, 0.15) is 32.3 Å². The minimum atomic E-state index is 0.900. The van der Waals surface area contributed by atoms with Gasteiger partial charge in [-0.1, -0.05) is 50.6 Å². The molecule has 0 aromatic heterocycles. The van der Waals surface area contributed by atoms with E-state index in [1.807, 2.05) is 0 Å². The van der Waals surface area contributed by atoms with Crippen molar-refractivity contribution < 1.29 is 0 Å². The van der Waals surface area contributed by atoms with E-state index < -0.39 is 0 Å². The molecular formula is C15H23N. The predicted octanol–water partition coefficient (Wildman–Crippen LogP) is 3.55. The fraction of sp³-hybridized carbons (Fsp3) is 0.600. The normalized spacial score (nSPS) is 26.9. The monoisotopic (exact) mass is 217 g/mol. The highest BCUT2D eigenvalue weighted by atomic mass is 15.1. The van der Waals surface area contributed by atoms with Crippen molar-refractivity contribution in [3.8, 4) is 0 Å². The molecule has 0 amide bonds. The Kier molecular flexibility index (Phi) is 4.00. The zero-order valence-electron chi connectivity index (χ0n) is 10.5. The van der Waals surface area contributed by atoms with E-state index in [4.69, 9.17) is 0 Å². The Hall–Kier alpha value is -0.820. The zero-order chi connectivity index (χ0) is 11.4. The first kappa shape index (κ1) is 11.7. The number of nitrogens with zero attached hydrogens (tertiary/aromatic N) is 1. The minimum absolute atomic E-state index is 0.900. The van der Waals surface area contributed by atoms with Crippen molar-refractivity contribution >= 4 is 0 Å². The van der Waals surface area contributed by atoms with Crippen LogP contribution in [0.5, 0.6) is 0 Å². The van der Waals surface area contributed by atoms with Crippen molar-refractivity contribution in [1.29, 1.82) is 0 Å². The van der Waals surface area contributed by atoms with Gasteiger partial charge in [-0.2, -0.15) is 0 Å². The molecule has 0 N–H and O–H groups in total. The molecule has 1 aliphatic heterocycles. The fourth-order valence-electron chi connectivity index (χ4n) is 2.74. The van der Waals surface area contributed by atoms with Gasteiger partial charge in [-0.25, -0.2) is 0 Å². The van der Waals surface area contributed by atoms with Crippen molar-refractivity contribution in [2.24, 2.45) is 11.8 Å². The van der Waals surface area contributed by atoms with Crippen LogP contribution >= 0.6 is 0 Å². The third-order valence-electron chi connectivity index (χ3n) is 3.97. The van der Waals surface area contributed by atoms with Gasteiger partial charge in [-0.15, -0.1) is 0 Å². The third kappa shape index (κ3) is 2.85. The number of hydrogen-bond donors (Lipinski definition) is 0. The lowest BCUT2D eigenvalue weighted by Gasteiger charge is -2.36. The standard InChI is InChI=1S/C15H23N/c1-3-15-12-16(10-9-13(15)2)11-14-7-5-4-6-8-14/h4-8,13,15H,3,9-12H2,1-2H3. The maximum Gasteiger partial charge on any atom is 0.0233 e. The average molecular weight is 217 g/mol. The Labute approximate surface area is 99.5 Å². The number of hydrogen-bond acceptors (Lipinski definition) is 1. The minimum Gasteiger partial charge on any atom is -0.299 e. The Morgan fingerprint density at radius 1 is 1.25 bits per heavy atom. The molecule has 16 heavy (non-hydrogen) atoms. The smallest absolute Gasteiger partial charge is 0.0233 e. The highest BCUT2D eigenvalue weighted by molar-refractivity contribution is 5.14. The summed E-state index contributed by atoms with van der Waals surface area (Å²) in [6, 6.07) is 10.8. The van der Waals surface area contributed by atoms with Crippen molar-refractivity contribution in [1.82, 2.24) is 4.90 Å². The molecule has 1 aromatic carbocycles. The van der Waals surface area contributed by atoms with Gasteiger partial charge in [0.1, 0.15) is 0 Å². The van der Waals surface area contributed by atoms with E-state index in [2.05, 4.69) is 49.1 Å². The molecule has 1 saturated heterocycles. The van der Waals surface area contributed by atoms with E-state index in [1.165, 1.54) is 31.5 Å². The van der Waals surface area contributed by atoms with E-state index in [1.54, 1.807) is 0 Å². The van der Waals surface area contributed by atoms with Gasteiger partial charge in [0.25, 0.3) is 0 Å². The summed E-state index contributed by atoms with van der Waals surface area (Å²) in [4.78, 5) is 2.61. The summed E-state index contributed by atoms with van der Waals surface area (Å²) in [5.74, 6) is 1.81. The van der Waals surface area contributed by atoms with Gasteiger partial charge in [-0.05, 0) is 30.4 Å². The number of benzene rings is 1. The summed E-state index contributed by atoms with van der Waals surface area (Å²) < 4.78 is 0. The van der Waals surface area contributed by atoms with Crippen LogP contribution in [0.4, 0.5) is 0 Å². The summed E-state index contributed by atoms with van der Waals surface area (Å²) in [7, 11) is 0. The van der Waals surface area contributed by atoms with Crippen molar-refractivity contribution in [2.45, 2.75) is 33.2 Å². The molecule has 1 nitrogen and oxygen atoms in total. The molecule has 1 aliphatic rings. The Morgan fingerprint density at radius 3 is 2.69 bits per heavy atom. The molecule has 0 aliphatic carbocycles. The van der Waals surface area contributed by atoms with Crippen LogP contribution in [0.3, 0.4) is 0 Å². The van der Waals surface area contributed by atoms with Crippen molar-refractivity contribution in [3.05, 3.63) is 35.9 Å². The molecule has 1 fully saturated rings. The summed E-state index contributed by atoms with van der Waals surface area (Å²) in [6.07, 6.45) is 2.69. The van der Waals surface area contributed by atoms with E-state index in [9.17, 15) is 0 Å². The van der Waals surface area contributed by atoms with E-state index >= 15 is 0 Å². The molecule has 2 unspecified atom stereocenters. The second-order valence-electron chi connectivity index (χ2n) is 5.16.